The van der Waals surface area contributed by atoms with Crippen LogP contribution in [0.25, 0.3) is 16.6 Å². The molecule has 3 rings (SSSR count). The lowest BCUT2D eigenvalue weighted by atomic mass is 9.80. The maximum absolute atomic E-state index is 9.85. The van der Waals surface area contributed by atoms with E-state index in [4.69, 9.17) is 4.98 Å². The van der Waals surface area contributed by atoms with Crippen LogP contribution >= 0.6 is 11.3 Å². The number of anilines is 1. The first-order valence-electron chi connectivity index (χ1n) is 9.82. The number of piperidine rings is 1. The summed E-state index contributed by atoms with van der Waals surface area (Å²) in [5, 5.41) is 17.1. The molecule has 1 aliphatic heterocycles. The van der Waals surface area contributed by atoms with Gasteiger partial charge in [0.15, 0.2) is 0 Å². The fraction of sp³-hybridized carbons (Fsp3) is 0.545. The molecular formula is C22H32N4OS. The second-order valence-corrected chi connectivity index (χ2v) is 10.7. The Balaban J connectivity index is 1.74. The van der Waals surface area contributed by atoms with E-state index in [1.165, 1.54) is 0 Å². The van der Waals surface area contributed by atoms with Gasteiger partial charge in [0, 0.05) is 28.2 Å². The highest BCUT2D eigenvalue weighted by Gasteiger charge is 2.37. The Labute approximate surface area is 172 Å². The quantitative estimate of drug-likeness (QED) is 0.678. The average Bonchev–Trinajstić information content (AvgIpc) is 2.98. The van der Waals surface area contributed by atoms with Crippen molar-refractivity contribution in [2.75, 3.05) is 5.32 Å². The first kappa shape index (κ1) is 21.0. The van der Waals surface area contributed by atoms with Crippen LogP contribution in [0.4, 0.5) is 5.95 Å². The Morgan fingerprint density at radius 2 is 1.86 bits per heavy atom. The number of aliphatic hydroxyl groups is 1. The van der Waals surface area contributed by atoms with Crippen LogP contribution in [-0.4, -0.2) is 37.8 Å². The van der Waals surface area contributed by atoms with Crippen LogP contribution < -0.4 is 10.6 Å². The number of nitrogens with zero attached hydrogens (tertiary/aromatic N) is 2. The molecule has 1 aliphatic rings. The molecule has 152 valence electrons. The second-order valence-electron chi connectivity index (χ2n) is 9.60. The van der Waals surface area contributed by atoms with Gasteiger partial charge in [-0.3, -0.25) is 0 Å². The van der Waals surface area contributed by atoms with Gasteiger partial charge >= 0.3 is 0 Å². The van der Waals surface area contributed by atoms with E-state index in [-0.39, 0.29) is 11.1 Å². The summed E-state index contributed by atoms with van der Waals surface area (Å²) < 4.78 is 0. The zero-order valence-electron chi connectivity index (χ0n) is 17.7. The van der Waals surface area contributed by atoms with Crippen molar-refractivity contribution in [3.63, 3.8) is 0 Å². The lowest BCUT2D eigenvalue weighted by molar-refractivity contribution is 0.134. The summed E-state index contributed by atoms with van der Waals surface area (Å²) in [7, 11) is 0. The minimum atomic E-state index is -0.813. The molecule has 0 unspecified atom stereocenters. The third kappa shape index (κ3) is 5.87. The Morgan fingerprint density at radius 3 is 2.50 bits per heavy atom. The summed E-state index contributed by atoms with van der Waals surface area (Å²) in [5.41, 5.74) is 0.254. The van der Waals surface area contributed by atoms with Gasteiger partial charge in [0.05, 0.1) is 16.2 Å². The maximum Gasteiger partial charge on any atom is 0.223 e. The summed E-state index contributed by atoms with van der Waals surface area (Å²) >= 11 is 1.65. The maximum atomic E-state index is 9.85. The first-order valence-corrected chi connectivity index (χ1v) is 10.6. The molecular weight excluding hydrogens is 368 g/mol. The second kappa shape index (κ2) is 7.58. The summed E-state index contributed by atoms with van der Waals surface area (Å²) in [4.78, 5) is 11.4. The van der Waals surface area contributed by atoms with Crippen molar-refractivity contribution in [3.05, 3.63) is 35.3 Å². The van der Waals surface area contributed by atoms with Crippen molar-refractivity contribution in [2.45, 2.75) is 77.1 Å². The van der Waals surface area contributed by atoms with Crippen molar-refractivity contribution in [1.29, 1.82) is 0 Å². The van der Waals surface area contributed by atoms with Gasteiger partial charge in [-0.05, 0) is 78.7 Å². The smallest absolute Gasteiger partial charge is 0.223 e. The van der Waals surface area contributed by atoms with Gasteiger partial charge in [0.25, 0.3) is 0 Å². The van der Waals surface area contributed by atoms with Crippen molar-refractivity contribution in [1.82, 2.24) is 15.3 Å². The fourth-order valence-electron chi connectivity index (χ4n) is 4.04. The zero-order chi connectivity index (χ0) is 20.6. The van der Waals surface area contributed by atoms with Crippen molar-refractivity contribution in [2.24, 2.45) is 0 Å². The SMILES string of the molecule is CC(C)(O)C=Cc1ccc(-c2ccnc(NC3CC(C)(C)NC(C)(C)C3)n2)s1. The molecule has 28 heavy (non-hydrogen) atoms. The number of hydrogen-bond acceptors (Lipinski definition) is 6. The molecule has 1 fully saturated rings. The largest absolute Gasteiger partial charge is 0.386 e. The van der Waals surface area contributed by atoms with Gasteiger partial charge in [-0.1, -0.05) is 6.08 Å². The summed E-state index contributed by atoms with van der Waals surface area (Å²) in [6.45, 7) is 12.5. The average molecular weight is 401 g/mol. The molecule has 0 bridgehead atoms. The van der Waals surface area contributed by atoms with Crippen LogP contribution in [0.3, 0.4) is 0 Å². The van der Waals surface area contributed by atoms with Crippen LogP contribution in [0.2, 0.25) is 0 Å². The molecule has 0 atom stereocenters. The molecule has 0 amide bonds. The molecule has 3 heterocycles. The highest BCUT2D eigenvalue weighted by molar-refractivity contribution is 7.16. The minimum absolute atomic E-state index is 0.0759. The van der Waals surface area contributed by atoms with Crippen molar-refractivity contribution in [3.8, 4) is 10.6 Å². The minimum Gasteiger partial charge on any atom is -0.386 e. The van der Waals surface area contributed by atoms with Crippen molar-refractivity contribution >= 4 is 23.4 Å². The van der Waals surface area contributed by atoms with Crippen LogP contribution in [0.15, 0.2) is 30.5 Å². The monoisotopic (exact) mass is 400 g/mol. The highest BCUT2D eigenvalue weighted by Crippen LogP contribution is 2.31. The van der Waals surface area contributed by atoms with Gasteiger partial charge in [0.1, 0.15) is 0 Å². The van der Waals surface area contributed by atoms with E-state index in [1.807, 2.05) is 18.3 Å². The third-order valence-electron chi connectivity index (χ3n) is 4.71. The number of rotatable bonds is 5. The predicted molar refractivity (Wildman–Crippen MR) is 119 cm³/mol. The standard InChI is InChI=1S/C22H32N4OS/c1-20(2)13-15(14-21(3,4)26-20)24-19-23-12-10-17(25-19)18-8-7-16(28-18)9-11-22(5,6)27/h7-12,15,26-27H,13-14H2,1-6H3,(H,23,24,25). The first-order chi connectivity index (χ1) is 12.9. The number of thiophene rings is 1. The lowest BCUT2D eigenvalue weighted by Gasteiger charge is -2.46. The number of hydrogen-bond donors (Lipinski definition) is 3. The topological polar surface area (TPSA) is 70.1 Å². The van der Waals surface area contributed by atoms with E-state index in [2.05, 4.69) is 55.4 Å². The molecule has 2 aromatic heterocycles. The van der Waals surface area contributed by atoms with Gasteiger partial charge in [-0.25, -0.2) is 9.97 Å². The van der Waals surface area contributed by atoms with E-state index in [0.717, 1.165) is 28.3 Å². The molecule has 6 heteroatoms. The molecule has 0 saturated carbocycles. The Morgan fingerprint density at radius 1 is 1.18 bits per heavy atom. The third-order valence-corrected chi connectivity index (χ3v) is 5.79. The fourth-order valence-corrected chi connectivity index (χ4v) is 4.92. The molecule has 0 aliphatic carbocycles. The van der Waals surface area contributed by atoms with Crippen LogP contribution in [0.5, 0.6) is 0 Å². The number of aromatic nitrogens is 2. The Kier molecular flexibility index (Phi) is 5.67. The van der Waals surface area contributed by atoms with E-state index >= 15 is 0 Å². The van der Waals surface area contributed by atoms with E-state index < -0.39 is 5.60 Å². The van der Waals surface area contributed by atoms with Crippen molar-refractivity contribution < 1.29 is 5.11 Å². The van der Waals surface area contributed by atoms with Crippen LogP contribution in [-0.2, 0) is 0 Å². The number of nitrogens with one attached hydrogen (secondary N) is 2. The normalized spacial score (nSPS) is 19.8. The van der Waals surface area contributed by atoms with Gasteiger partial charge in [-0.15, -0.1) is 11.3 Å². The summed E-state index contributed by atoms with van der Waals surface area (Å²) in [6.07, 6.45) is 7.61. The zero-order valence-corrected chi connectivity index (χ0v) is 18.5. The molecule has 0 spiro atoms. The predicted octanol–water partition coefficient (Wildman–Crippen LogP) is 4.71. The molecule has 1 saturated heterocycles. The van der Waals surface area contributed by atoms with Crippen LogP contribution in [0.1, 0.15) is 59.3 Å². The van der Waals surface area contributed by atoms with E-state index in [1.54, 1.807) is 31.3 Å². The molecule has 2 aromatic rings. The van der Waals surface area contributed by atoms with Crippen LogP contribution in [0, 0.1) is 0 Å². The van der Waals surface area contributed by atoms with E-state index in [9.17, 15) is 5.11 Å². The molecule has 5 nitrogen and oxygen atoms in total. The molecule has 3 N–H and O–H groups in total. The van der Waals surface area contributed by atoms with E-state index in [0.29, 0.717) is 12.0 Å². The van der Waals surface area contributed by atoms with Gasteiger partial charge in [0.2, 0.25) is 5.95 Å². The van der Waals surface area contributed by atoms with Gasteiger partial charge in [-0.2, -0.15) is 0 Å². The van der Waals surface area contributed by atoms with Gasteiger partial charge < -0.3 is 15.7 Å². The highest BCUT2D eigenvalue weighted by atomic mass is 32.1. The Bertz CT molecular complexity index is 832. The molecule has 0 radical (unpaired) electrons. The Hall–Kier alpha value is -1.76. The molecule has 0 aromatic carbocycles. The summed E-state index contributed by atoms with van der Waals surface area (Å²) in [6, 6.07) is 6.39. The lowest BCUT2D eigenvalue weighted by Crippen LogP contribution is -2.60. The summed E-state index contributed by atoms with van der Waals surface area (Å²) in [5.74, 6) is 0.679.